The van der Waals surface area contributed by atoms with Gasteiger partial charge in [0.2, 0.25) is 0 Å². The molecule has 0 radical (unpaired) electrons. The summed E-state index contributed by atoms with van der Waals surface area (Å²) in [6.07, 6.45) is 17.9. The summed E-state index contributed by atoms with van der Waals surface area (Å²) >= 11 is 0. The van der Waals surface area contributed by atoms with Crippen LogP contribution in [0.2, 0.25) is 0 Å². The number of carbonyl (C=O) groups excluding carboxylic acids is 1. The minimum atomic E-state index is -0.130. The smallest absolute Gasteiger partial charge is 0.302 e. The van der Waals surface area contributed by atoms with Gasteiger partial charge in [0.15, 0.2) is 0 Å². The zero-order valence-electron chi connectivity index (χ0n) is 21.0. The molecule has 0 aromatic rings. The average molecular weight is 427 g/mol. The van der Waals surface area contributed by atoms with Crippen molar-refractivity contribution in [2.45, 2.75) is 112 Å². The van der Waals surface area contributed by atoms with E-state index < -0.39 is 0 Å². The molecule has 4 rings (SSSR count). The normalized spacial score (nSPS) is 40.4. The Morgan fingerprint density at radius 2 is 1.81 bits per heavy atom. The molecule has 2 nitrogen and oxygen atoms in total. The van der Waals surface area contributed by atoms with Gasteiger partial charge in [-0.3, -0.25) is 4.79 Å². The fourth-order valence-electron chi connectivity index (χ4n) is 8.33. The number of fused-ring (bicyclic) bond motifs is 5. The molecule has 0 aromatic heterocycles. The SMILES string of the molecule is CC(=O)OC1CC[C@@]2(C)C(=CC=C3[C@@H]4CC[C@H]([C@H](C)CCCC(C)C)[C@@]4(C)CC[C@@H]32)C1. The highest BCUT2D eigenvalue weighted by Crippen LogP contribution is 2.66. The highest BCUT2D eigenvalue weighted by atomic mass is 16.5. The van der Waals surface area contributed by atoms with E-state index in [9.17, 15) is 4.79 Å². The van der Waals surface area contributed by atoms with Gasteiger partial charge in [0.25, 0.3) is 0 Å². The zero-order chi connectivity index (χ0) is 22.4. The van der Waals surface area contributed by atoms with Crippen LogP contribution in [0.15, 0.2) is 23.3 Å². The van der Waals surface area contributed by atoms with Gasteiger partial charge in [-0.1, -0.05) is 77.2 Å². The molecule has 1 unspecified atom stereocenters. The average Bonchev–Trinajstić information content (AvgIpc) is 3.05. The number of carbonyl (C=O) groups is 1. The van der Waals surface area contributed by atoms with E-state index in [0.717, 1.165) is 42.9 Å². The second-order valence-corrected chi connectivity index (χ2v) is 12.4. The molecule has 3 saturated carbocycles. The first-order valence-electron chi connectivity index (χ1n) is 13.2. The first kappa shape index (κ1) is 23.1. The van der Waals surface area contributed by atoms with Crippen LogP contribution in [0.5, 0.6) is 0 Å². The lowest BCUT2D eigenvalue weighted by molar-refractivity contribution is -0.148. The Balaban J connectivity index is 1.51. The van der Waals surface area contributed by atoms with Crippen molar-refractivity contribution in [2.75, 3.05) is 0 Å². The maximum absolute atomic E-state index is 11.5. The second kappa shape index (κ2) is 8.71. The summed E-state index contributed by atoms with van der Waals surface area (Å²) in [5, 5.41) is 0. The lowest BCUT2D eigenvalue weighted by Crippen LogP contribution is -2.46. The molecule has 174 valence electrons. The van der Waals surface area contributed by atoms with Gasteiger partial charge in [0.1, 0.15) is 6.10 Å². The Kier molecular flexibility index (Phi) is 6.50. The highest BCUT2D eigenvalue weighted by Gasteiger charge is 2.57. The first-order chi connectivity index (χ1) is 14.6. The van der Waals surface area contributed by atoms with Crippen molar-refractivity contribution in [1.82, 2.24) is 0 Å². The number of ether oxygens (including phenoxy) is 1. The van der Waals surface area contributed by atoms with Crippen LogP contribution in [0.3, 0.4) is 0 Å². The lowest BCUT2D eigenvalue weighted by atomic mass is 9.50. The predicted octanol–water partition coefficient (Wildman–Crippen LogP) is 7.88. The molecule has 2 heteroatoms. The molecule has 0 aromatic carbocycles. The third-order valence-corrected chi connectivity index (χ3v) is 10.1. The number of hydrogen-bond acceptors (Lipinski definition) is 2. The molecule has 4 aliphatic rings. The van der Waals surface area contributed by atoms with Crippen LogP contribution in [0.4, 0.5) is 0 Å². The topological polar surface area (TPSA) is 26.3 Å². The monoisotopic (exact) mass is 426 g/mol. The van der Waals surface area contributed by atoms with E-state index in [1.54, 1.807) is 18.1 Å². The third-order valence-electron chi connectivity index (χ3n) is 10.1. The van der Waals surface area contributed by atoms with Gasteiger partial charge in [-0.15, -0.1) is 0 Å². The Labute approximate surface area is 191 Å². The van der Waals surface area contributed by atoms with Gasteiger partial charge in [0, 0.05) is 13.3 Å². The Morgan fingerprint density at radius 1 is 1.03 bits per heavy atom. The molecule has 0 bridgehead atoms. The molecule has 0 amide bonds. The van der Waals surface area contributed by atoms with Gasteiger partial charge in [-0.2, -0.15) is 0 Å². The number of esters is 1. The maximum Gasteiger partial charge on any atom is 0.302 e. The van der Waals surface area contributed by atoms with E-state index in [1.807, 2.05) is 0 Å². The van der Waals surface area contributed by atoms with Crippen LogP contribution in [0, 0.1) is 40.4 Å². The van der Waals surface area contributed by atoms with Crippen molar-refractivity contribution >= 4 is 5.97 Å². The van der Waals surface area contributed by atoms with E-state index in [-0.39, 0.29) is 17.5 Å². The molecule has 31 heavy (non-hydrogen) atoms. The molecule has 0 heterocycles. The minimum absolute atomic E-state index is 0.0863. The van der Waals surface area contributed by atoms with Crippen LogP contribution in [0.1, 0.15) is 106 Å². The van der Waals surface area contributed by atoms with Crippen molar-refractivity contribution in [3.63, 3.8) is 0 Å². The molecule has 3 fully saturated rings. The van der Waals surface area contributed by atoms with Gasteiger partial charge < -0.3 is 4.74 Å². The van der Waals surface area contributed by atoms with Gasteiger partial charge in [0.05, 0.1) is 0 Å². The Hall–Kier alpha value is -1.05. The fourth-order valence-corrected chi connectivity index (χ4v) is 8.33. The van der Waals surface area contributed by atoms with E-state index in [1.165, 1.54) is 44.9 Å². The summed E-state index contributed by atoms with van der Waals surface area (Å²) in [5.41, 5.74) is 4.10. The standard InChI is InChI=1S/C29H46O2/c1-19(2)8-7-9-20(3)25-12-13-26-24-11-10-22-18-23(31-21(4)30)14-16-28(22,5)27(24)15-17-29(25,26)6/h10-11,19-20,23,25-27H,7-9,12-18H2,1-6H3/t20-,23?,25-,26+,27+,28+,29-/m1/s1. The fraction of sp³-hybridized carbons (Fsp3) is 0.828. The third kappa shape index (κ3) is 4.18. The van der Waals surface area contributed by atoms with E-state index in [4.69, 9.17) is 4.74 Å². The van der Waals surface area contributed by atoms with Crippen LogP contribution in [-0.2, 0) is 9.53 Å². The summed E-state index contributed by atoms with van der Waals surface area (Å²) in [6, 6.07) is 0. The van der Waals surface area contributed by atoms with Crippen LogP contribution in [0.25, 0.3) is 0 Å². The second-order valence-electron chi connectivity index (χ2n) is 12.4. The van der Waals surface area contributed by atoms with E-state index in [2.05, 4.69) is 46.8 Å². The first-order valence-corrected chi connectivity index (χ1v) is 13.2. The van der Waals surface area contributed by atoms with Crippen molar-refractivity contribution in [2.24, 2.45) is 40.4 Å². The summed E-state index contributed by atoms with van der Waals surface area (Å²) in [4.78, 5) is 11.5. The predicted molar refractivity (Wildman–Crippen MR) is 129 cm³/mol. The maximum atomic E-state index is 11.5. The van der Waals surface area contributed by atoms with Gasteiger partial charge in [-0.25, -0.2) is 0 Å². The highest BCUT2D eigenvalue weighted by molar-refractivity contribution is 5.66. The summed E-state index contributed by atoms with van der Waals surface area (Å²) in [7, 11) is 0. The molecule has 0 N–H and O–H groups in total. The van der Waals surface area contributed by atoms with Crippen LogP contribution in [-0.4, -0.2) is 12.1 Å². The summed E-state index contributed by atoms with van der Waals surface area (Å²) in [6.45, 7) is 14.0. The molecule has 0 spiro atoms. The lowest BCUT2D eigenvalue weighted by Gasteiger charge is -2.55. The molecular formula is C29H46O2. The van der Waals surface area contributed by atoms with Crippen molar-refractivity contribution < 1.29 is 9.53 Å². The number of rotatable bonds is 6. The molecule has 4 aliphatic carbocycles. The molecule has 0 aliphatic heterocycles. The van der Waals surface area contributed by atoms with Crippen molar-refractivity contribution in [3.05, 3.63) is 23.3 Å². The molecule has 0 saturated heterocycles. The summed E-state index contributed by atoms with van der Waals surface area (Å²) in [5.74, 6) is 3.94. The number of hydrogen-bond donors (Lipinski definition) is 0. The molecular weight excluding hydrogens is 380 g/mol. The molecule has 7 atom stereocenters. The van der Waals surface area contributed by atoms with E-state index >= 15 is 0 Å². The number of allylic oxidation sites excluding steroid dienone is 3. The minimum Gasteiger partial charge on any atom is -0.462 e. The largest absolute Gasteiger partial charge is 0.462 e. The van der Waals surface area contributed by atoms with Gasteiger partial charge in [-0.05, 0) is 78.9 Å². The summed E-state index contributed by atoms with van der Waals surface area (Å²) < 4.78 is 5.59. The zero-order valence-corrected chi connectivity index (χ0v) is 21.0. The van der Waals surface area contributed by atoms with E-state index in [0.29, 0.717) is 11.3 Å². The van der Waals surface area contributed by atoms with Crippen LogP contribution < -0.4 is 0 Å². The quantitative estimate of drug-likeness (QED) is 0.404. The Bertz CT molecular complexity index is 746. The van der Waals surface area contributed by atoms with Crippen molar-refractivity contribution in [1.29, 1.82) is 0 Å². The van der Waals surface area contributed by atoms with Gasteiger partial charge >= 0.3 is 5.97 Å². The Morgan fingerprint density at radius 3 is 2.52 bits per heavy atom. The van der Waals surface area contributed by atoms with Crippen molar-refractivity contribution in [3.8, 4) is 0 Å². The van der Waals surface area contributed by atoms with Crippen LogP contribution >= 0.6 is 0 Å².